The molecule has 0 spiro atoms. The predicted molar refractivity (Wildman–Crippen MR) is 133 cm³/mol. The first-order valence-electron chi connectivity index (χ1n) is 10.6. The molecule has 12 heteroatoms. The van der Waals surface area contributed by atoms with E-state index in [-0.39, 0.29) is 27.5 Å². The van der Waals surface area contributed by atoms with Gasteiger partial charge in [0.1, 0.15) is 6.04 Å². The summed E-state index contributed by atoms with van der Waals surface area (Å²) in [4.78, 5) is 14.5. The molecule has 1 aliphatic heterocycles. The molecule has 4 rings (SSSR count). The molecule has 2 aromatic heterocycles. The molecule has 35 heavy (non-hydrogen) atoms. The lowest BCUT2D eigenvalue weighted by Gasteiger charge is -2.21. The zero-order valence-corrected chi connectivity index (χ0v) is 20.2. The van der Waals surface area contributed by atoms with Crippen LogP contribution in [0.4, 0.5) is 11.6 Å². The quantitative estimate of drug-likeness (QED) is 0.243. The number of nitrogen functional groups attached to an aromatic ring is 1. The molecule has 0 unspecified atom stereocenters. The molecule has 2 atom stereocenters. The maximum Gasteiger partial charge on any atom is 0.226 e. The summed E-state index contributed by atoms with van der Waals surface area (Å²) in [5, 5.41) is 18.5. The Morgan fingerprint density at radius 1 is 1.20 bits per heavy atom. The number of anilines is 2. The van der Waals surface area contributed by atoms with Gasteiger partial charge in [-0.1, -0.05) is 23.2 Å². The Bertz CT molecular complexity index is 1280. The molecular weight excluding hydrogens is 491 g/mol. The van der Waals surface area contributed by atoms with Crippen LogP contribution in [0, 0.1) is 16.7 Å². The largest absolute Gasteiger partial charge is 0.493 e. The van der Waals surface area contributed by atoms with Crippen LogP contribution in [0.15, 0.2) is 36.9 Å². The van der Waals surface area contributed by atoms with Gasteiger partial charge in [-0.05, 0) is 18.9 Å². The lowest BCUT2D eigenvalue weighted by atomic mass is 10.0. The number of benzene rings is 1. The lowest BCUT2D eigenvalue weighted by molar-refractivity contribution is 0.204. The van der Waals surface area contributed by atoms with Crippen molar-refractivity contribution in [2.45, 2.75) is 25.1 Å². The van der Waals surface area contributed by atoms with Crippen molar-refractivity contribution in [2.24, 2.45) is 5.73 Å². The van der Waals surface area contributed by atoms with E-state index in [0.29, 0.717) is 40.6 Å². The summed E-state index contributed by atoms with van der Waals surface area (Å²) in [6.07, 6.45) is 6.54. The van der Waals surface area contributed by atoms with E-state index in [1.165, 1.54) is 31.9 Å². The van der Waals surface area contributed by atoms with Gasteiger partial charge in [0.15, 0.2) is 17.7 Å². The number of pyridine rings is 1. The van der Waals surface area contributed by atoms with Crippen LogP contribution in [-0.4, -0.2) is 40.4 Å². The molecule has 10 nitrogen and oxygen atoms in total. The first-order valence-corrected chi connectivity index (χ1v) is 11.4. The van der Waals surface area contributed by atoms with Gasteiger partial charge in [0.05, 0.1) is 28.9 Å². The van der Waals surface area contributed by atoms with Gasteiger partial charge in [0, 0.05) is 59.8 Å². The van der Waals surface area contributed by atoms with E-state index < -0.39 is 6.23 Å². The third-order valence-corrected chi connectivity index (χ3v) is 6.22. The Hall–Kier alpha value is -3.65. The molecule has 0 radical (unpaired) electrons. The van der Waals surface area contributed by atoms with Crippen molar-refractivity contribution in [3.8, 4) is 17.6 Å². The normalized spacial score (nSPS) is 16.0. The van der Waals surface area contributed by atoms with Crippen molar-refractivity contribution >= 4 is 40.5 Å². The number of aromatic nitrogens is 3. The standard InChI is InChI=1S/C23H22Cl2N8O2/c1-34-18-6-17(27)14(5-19(18)35-22(29)20-15(24)10-30-11-16(20)25)21(28)12-8-31-23(32-9-12)33-4-2-3-13(33)7-26/h5-6,8-11,13,22,28H,2-4,27,29H2,1H3/t13-,22+/m1/s1. The van der Waals surface area contributed by atoms with Crippen LogP contribution in [0.3, 0.4) is 0 Å². The van der Waals surface area contributed by atoms with Gasteiger partial charge in [0.25, 0.3) is 0 Å². The molecule has 1 aliphatic rings. The zero-order valence-electron chi connectivity index (χ0n) is 18.7. The topological polar surface area (TPSA) is 160 Å². The second kappa shape index (κ2) is 10.3. The van der Waals surface area contributed by atoms with Crippen LogP contribution in [-0.2, 0) is 0 Å². The maximum absolute atomic E-state index is 9.31. The first kappa shape index (κ1) is 24.5. The SMILES string of the molecule is COc1cc(N)c(C(=N)c2cnc(N3CCC[C@@H]3C#N)nc2)cc1O[C@H](N)c1c(Cl)cncc1Cl. The van der Waals surface area contributed by atoms with Crippen molar-refractivity contribution in [3.05, 3.63) is 63.7 Å². The lowest BCUT2D eigenvalue weighted by Crippen LogP contribution is -2.29. The summed E-state index contributed by atoms with van der Waals surface area (Å²) in [6.45, 7) is 0.715. The highest BCUT2D eigenvalue weighted by molar-refractivity contribution is 6.35. The minimum Gasteiger partial charge on any atom is -0.493 e. The highest BCUT2D eigenvalue weighted by Gasteiger charge is 2.26. The third kappa shape index (κ3) is 4.93. The monoisotopic (exact) mass is 512 g/mol. The fourth-order valence-electron chi connectivity index (χ4n) is 3.83. The van der Waals surface area contributed by atoms with Crippen LogP contribution in [0.1, 0.15) is 35.8 Å². The highest BCUT2D eigenvalue weighted by atomic mass is 35.5. The van der Waals surface area contributed by atoms with E-state index in [9.17, 15) is 5.26 Å². The average Bonchev–Trinajstić information content (AvgIpc) is 3.33. The summed E-state index contributed by atoms with van der Waals surface area (Å²) in [5.41, 5.74) is 14.0. The van der Waals surface area contributed by atoms with Crippen molar-refractivity contribution < 1.29 is 9.47 Å². The Morgan fingerprint density at radius 3 is 2.51 bits per heavy atom. The summed E-state index contributed by atoms with van der Waals surface area (Å²) >= 11 is 12.4. The smallest absolute Gasteiger partial charge is 0.226 e. The van der Waals surface area contributed by atoms with Crippen molar-refractivity contribution in [1.82, 2.24) is 15.0 Å². The van der Waals surface area contributed by atoms with E-state index in [1.54, 1.807) is 12.1 Å². The van der Waals surface area contributed by atoms with Crippen LogP contribution in [0.2, 0.25) is 10.0 Å². The van der Waals surface area contributed by atoms with Gasteiger partial charge in [-0.15, -0.1) is 0 Å². The third-order valence-electron chi connectivity index (χ3n) is 5.62. The van der Waals surface area contributed by atoms with Crippen LogP contribution < -0.4 is 25.8 Å². The molecule has 0 saturated carbocycles. The molecule has 0 aliphatic carbocycles. The molecule has 3 heterocycles. The number of methoxy groups -OCH3 is 1. The van der Waals surface area contributed by atoms with Gasteiger partial charge < -0.3 is 20.1 Å². The molecule has 0 bridgehead atoms. The number of nitriles is 1. The molecular formula is C23H22Cl2N8O2. The molecule has 1 fully saturated rings. The van der Waals surface area contributed by atoms with Crippen molar-refractivity contribution in [3.63, 3.8) is 0 Å². The Balaban J connectivity index is 1.62. The second-order valence-electron chi connectivity index (χ2n) is 7.77. The summed E-state index contributed by atoms with van der Waals surface area (Å²) in [7, 11) is 1.46. The molecule has 1 aromatic carbocycles. The fourth-order valence-corrected chi connectivity index (χ4v) is 4.41. The van der Waals surface area contributed by atoms with Gasteiger partial charge in [0.2, 0.25) is 5.95 Å². The van der Waals surface area contributed by atoms with Crippen LogP contribution in [0.5, 0.6) is 11.5 Å². The van der Waals surface area contributed by atoms with Crippen molar-refractivity contribution in [2.75, 3.05) is 24.3 Å². The number of nitrogens with two attached hydrogens (primary N) is 2. The number of nitrogens with zero attached hydrogens (tertiary/aromatic N) is 5. The Kier molecular flexibility index (Phi) is 7.21. The number of halogens is 2. The fraction of sp³-hybridized carbons (Fsp3) is 0.261. The van der Waals surface area contributed by atoms with E-state index in [2.05, 4.69) is 21.0 Å². The minimum atomic E-state index is -1.03. The van der Waals surface area contributed by atoms with Gasteiger partial charge in [-0.25, -0.2) is 9.97 Å². The first-order chi connectivity index (χ1) is 16.8. The van der Waals surface area contributed by atoms with E-state index in [4.69, 9.17) is 49.6 Å². The summed E-state index contributed by atoms with van der Waals surface area (Å²) in [6, 6.07) is 5.11. The zero-order chi connectivity index (χ0) is 25.1. The van der Waals surface area contributed by atoms with E-state index in [1.807, 2.05) is 4.90 Å². The number of hydrogen-bond donors (Lipinski definition) is 3. The predicted octanol–water partition coefficient (Wildman–Crippen LogP) is 3.71. The minimum absolute atomic E-state index is 0.0772. The molecule has 180 valence electrons. The number of ether oxygens (including phenoxy) is 2. The summed E-state index contributed by atoms with van der Waals surface area (Å²) in [5.74, 6) is 1.01. The Labute approximate surface area is 211 Å². The summed E-state index contributed by atoms with van der Waals surface area (Å²) < 4.78 is 11.3. The highest BCUT2D eigenvalue weighted by Crippen LogP contribution is 2.37. The van der Waals surface area contributed by atoms with Gasteiger partial charge in [-0.3, -0.25) is 16.1 Å². The van der Waals surface area contributed by atoms with E-state index >= 15 is 0 Å². The van der Waals surface area contributed by atoms with Gasteiger partial charge >= 0.3 is 0 Å². The average molecular weight is 513 g/mol. The maximum atomic E-state index is 9.31. The van der Waals surface area contributed by atoms with Crippen molar-refractivity contribution in [1.29, 1.82) is 10.7 Å². The number of nitrogens with one attached hydrogen (secondary N) is 1. The molecule has 1 saturated heterocycles. The second-order valence-corrected chi connectivity index (χ2v) is 8.59. The molecule has 0 amide bonds. The molecule has 3 aromatic rings. The molecule has 5 N–H and O–H groups in total. The van der Waals surface area contributed by atoms with Crippen LogP contribution in [0.25, 0.3) is 0 Å². The van der Waals surface area contributed by atoms with Crippen LogP contribution >= 0.6 is 23.2 Å². The van der Waals surface area contributed by atoms with Gasteiger partial charge in [-0.2, -0.15) is 5.26 Å². The Morgan fingerprint density at radius 2 is 1.89 bits per heavy atom. The van der Waals surface area contributed by atoms with E-state index in [0.717, 1.165) is 12.8 Å². The number of rotatable bonds is 7. The number of hydrogen-bond acceptors (Lipinski definition) is 10.